The maximum atomic E-state index is 13.3. The number of hydrogen-bond acceptors (Lipinski definition) is 13. The number of unbranched alkanes of at least 4 members (excludes halogenated alkanes) is 47. The molecule has 14 heteroatoms. The fourth-order valence-electron chi connectivity index (χ4n) is 12.5. The summed E-state index contributed by atoms with van der Waals surface area (Å²) in [7, 11) is 0. The van der Waals surface area contributed by atoms with Gasteiger partial charge in [0.25, 0.3) is 0 Å². The first kappa shape index (κ1) is 81.6. The van der Waals surface area contributed by atoms with Crippen LogP contribution in [0.2, 0.25) is 0 Å². The van der Waals surface area contributed by atoms with E-state index < -0.39 is 86.8 Å². The van der Waals surface area contributed by atoms with Gasteiger partial charge >= 0.3 is 0 Å². The van der Waals surface area contributed by atoms with Crippen LogP contribution in [0.5, 0.6) is 0 Å². The molecule has 0 aliphatic carbocycles. The summed E-state index contributed by atoms with van der Waals surface area (Å²) >= 11 is 0. The fourth-order valence-corrected chi connectivity index (χ4v) is 12.5. The summed E-state index contributed by atoms with van der Waals surface area (Å²) in [6, 6.07) is -0.929. The highest BCUT2D eigenvalue weighted by Crippen LogP contribution is 2.30. The van der Waals surface area contributed by atoms with E-state index in [1.54, 1.807) is 6.08 Å². The van der Waals surface area contributed by atoms with Gasteiger partial charge in [0, 0.05) is 6.42 Å². The molecule has 87 heavy (non-hydrogen) atoms. The smallest absolute Gasteiger partial charge is 0.220 e. The SMILES string of the molecule is CCCCCCCCCCCC/C=C/CC/C=C/C(O)C(COC1OC(CO)C(OC2OC(CO)C(O)C(O)C2O)C(O)C1O)NC(=O)CCCCCCCCCCCCCCCCCCCCCCCCCCCCCCCCCCCCCCC. The molecule has 2 aliphatic rings. The molecule has 0 aromatic heterocycles. The lowest BCUT2D eigenvalue weighted by Gasteiger charge is -2.46. The fraction of sp³-hybridized carbons (Fsp3) is 0.932. The number of nitrogens with one attached hydrogen (secondary N) is 1. The number of aliphatic hydroxyl groups excluding tert-OH is 8. The maximum absolute atomic E-state index is 13.3. The molecular formula is C73H139NO13. The summed E-state index contributed by atoms with van der Waals surface area (Å²) in [5, 5.41) is 87.3. The van der Waals surface area contributed by atoms with Crippen LogP contribution in [0.15, 0.2) is 24.3 Å². The first-order valence-electron chi connectivity index (χ1n) is 37.1. The zero-order valence-electron chi connectivity index (χ0n) is 56.0. The standard InChI is InChI=1S/C73H139NO13/c1-3-5-7-9-11-13-15-17-19-21-22-23-24-25-26-27-28-29-30-31-32-33-34-35-36-37-38-39-40-41-43-45-47-49-51-53-55-57-65(78)74-61(62(77)56-54-52-50-48-46-44-42-20-18-16-14-12-10-8-6-4-2)60-84-72-70(83)68(81)71(64(59-76)86-72)87-73-69(82)67(80)66(79)63(58-75)85-73/h46,48,54,56,61-64,66-73,75-77,79-83H,3-45,47,49-53,55,57-60H2,1-2H3,(H,74,78)/b48-46+,56-54+. The van der Waals surface area contributed by atoms with Crippen molar-refractivity contribution in [2.45, 2.75) is 415 Å². The van der Waals surface area contributed by atoms with Crippen LogP contribution in [0.4, 0.5) is 0 Å². The molecule has 14 nitrogen and oxygen atoms in total. The van der Waals surface area contributed by atoms with Gasteiger partial charge in [0.15, 0.2) is 12.6 Å². The minimum atomic E-state index is -1.79. The van der Waals surface area contributed by atoms with Crippen molar-refractivity contribution in [3.63, 3.8) is 0 Å². The van der Waals surface area contributed by atoms with E-state index in [0.29, 0.717) is 12.8 Å². The number of amides is 1. The largest absolute Gasteiger partial charge is 0.394 e. The van der Waals surface area contributed by atoms with E-state index in [4.69, 9.17) is 18.9 Å². The predicted molar refractivity (Wildman–Crippen MR) is 355 cm³/mol. The Hall–Kier alpha value is -1.53. The molecule has 12 unspecified atom stereocenters. The summed E-state index contributed by atoms with van der Waals surface area (Å²) in [5.41, 5.74) is 0. The molecular weight excluding hydrogens is 1100 g/mol. The van der Waals surface area contributed by atoms with Crippen LogP contribution < -0.4 is 5.32 Å². The van der Waals surface area contributed by atoms with E-state index in [-0.39, 0.29) is 18.9 Å². The van der Waals surface area contributed by atoms with Crippen LogP contribution in [0, 0.1) is 0 Å². The maximum Gasteiger partial charge on any atom is 0.220 e. The summed E-state index contributed by atoms with van der Waals surface area (Å²) in [5.74, 6) is -0.242. The van der Waals surface area contributed by atoms with Gasteiger partial charge in [0.05, 0.1) is 32.0 Å². The van der Waals surface area contributed by atoms with E-state index >= 15 is 0 Å². The Morgan fingerprint density at radius 2 is 0.736 bits per heavy atom. The van der Waals surface area contributed by atoms with Crippen molar-refractivity contribution < 1.29 is 64.6 Å². The van der Waals surface area contributed by atoms with Gasteiger partial charge in [-0.1, -0.05) is 327 Å². The van der Waals surface area contributed by atoms with E-state index in [9.17, 15) is 45.6 Å². The number of carbonyl (C=O) groups excluding carboxylic acids is 1. The molecule has 0 aromatic carbocycles. The number of aliphatic hydroxyl groups is 8. The highest BCUT2D eigenvalue weighted by molar-refractivity contribution is 5.76. The molecule has 2 fully saturated rings. The molecule has 0 radical (unpaired) electrons. The Bertz CT molecular complexity index is 1550. The topological polar surface area (TPSA) is 228 Å². The van der Waals surface area contributed by atoms with Crippen molar-refractivity contribution in [1.29, 1.82) is 0 Å². The number of hydrogen-bond donors (Lipinski definition) is 9. The molecule has 0 saturated carbocycles. The molecule has 2 saturated heterocycles. The Balaban J connectivity index is 1.57. The number of allylic oxidation sites excluding steroid dienone is 3. The van der Waals surface area contributed by atoms with Crippen molar-refractivity contribution in [2.75, 3.05) is 19.8 Å². The summed E-state index contributed by atoms with van der Waals surface area (Å²) in [6.07, 6.45) is 57.1. The lowest BCUT2D eigenvalue weighted by Crippen LogP contribution is -2.65. The van der Waals surface area contributed by atoms with Crippen LogP contribution in [0.25, 0.3) is 0 Å². The number of rotatable bonds is 62. The van der Waals surface area contributed by atoms with E-state index in [0.717, 1.165) is 32.1 Å². The molecule has 12 atom stereocenters. The summed E-state index contributed by atoms with van der Waals surface area (Å²) in [4.78, 5) is 13.3. The van der Waals surface area contributed by atoms with Crippen molar-refractivity contribution >= 4 is 5.91 Å². The molecule has 0 bridgehead atoms. The van der Waals surface area contributed by atoms with Gasteiger partial charge in [-0.05, 0) is 32.1 Å². The minimum absolute atomic E-state index is 0.242. The highest BCUT2D eigenvalue weighted by atomic mass is 16.7. The van der Waals surface area contributed by atoms with Gasteiger partial charge in [-0.2, -0.15) is 0 Å². The molecule has 9 N–H and O–H groups in total. The third-order valence-corrected chi connectivity index (χ3v) is 18.4. The second-order valence-corrected chi connectivity index (χ2v) is 26.4. The van der Waals surface area contributed by atoms with E-state index in [2.05, 4.69) is 31.3 Å². The Morgan fingerprint density at radius 3 is 1.13 bits per heavy atom. The number of ether oxygens (including phenoxy) is 4. The van der Waals surface area contributed by atoms with Gasteiger partial charge in [0.2, 0.25) is 5.91 Å². The van der Waals surface area contributed by atoms with Gasteiger partial charge in [0.1, 0.15) is 48.8 Å². The molecule has 2 heterocycles. The third kappa shape index (κ3) is 42.4. The quantitative estimate of drug-likeness (QED) is 0.0204. The predicted octanol–water partition coefficient (Wildman–Crippen LogP) is 15.5. The van der Waals surface area contributed by atoms with Crippen LogP contribution >= 0.6 is 0 Å². The van der Waals surface area contributed by atoms with Gasteiger partial charge in [-0.3, -0.25) is 4.79 Å². The molecule has 514 valence electrons. The number of carbonyl (C=O) groups is 1. The molecule has 0 aromatic rings. The molecule has 2 aliphatic heterocycles. The van der Waals surface area contributed by atoms with Crippen molar-refractivity contribution in [3.8, 4) is 0 Å². The lowest BCUT2D eigenvalue weighted by molar-refractivity contribution is -0.359. The average molecular weight is 1240 g/mol. The van der Waals surface area contributed by atoms with Crippen LogP contribution in [0.3, 0.4) is 0 Å². The second-order valence-electron chi connectivity index (χ2n) is 26.4. The summed E-state index contributed by atoms with van der Waals surface area (Å²) in [6.45, 7) is 2.82. The summed E-state index contributed by atoms with van der Waals surface area (Å²) < 4.78 is 22.8. The van der Waals surface area contributed by atoms with E-state index in [1.165, 1.54) is 276 Å². The highest BCUT2D eigenvalue weighted by Gasteiger charge is 2.51. The van der Waals surface area contributed by atoms with Crippen LogP contribution in [-0.4, -0.2) is 140 Å². The minimum Gasteiger partial charge on any atom is -0.394 e. The zero-order chi connectivity index (χ0) is 63.1. The Morgan fingerprint density at radius 1 is 0.402 bits per heavy atom. The van der Waals surface area contributed by atoms with Crippen LogP contribution in [0.1, 0.15) is 341 Å². The lowest BCUT2D eigenvalue weighted by atomic mass is 9.97. The molecule has 1 amide bonds. The van der Waals surface area contributed by atoms with Gasteiger partial charge in [-0.15, -0.1) is 0 Å². The Kier molecular flexibility index (Phi) is 54.7. The normalized spacial score (nSPS) is 23.3. The molecule has 2 rings (SSSR count). The molecule has 0 spiro atoms. The third-order valence-electron chi connectivity index (χ3n) is 18.4. The van der Waals surface area contributed by atoms with Crippen molar-refractivity contribution in [1.82, 2.24) is 5.32 Å². The van der Waals surface area contributed by atoms with Gasteiger partial charge < -0.3 is 65.1 Å². The average Bonchev–Trinajstić information content (AvgIpc) is 1.60. The van der Waals surface area contributed by atoms with Gasteiger partial charge in [-0.25, -0.2) is 0 Å². The zero-order valence-corrected chi connectivity index (χ0v) is 56.0. The van der Waals surface area contributed by atoms with E-state index in [1.807, 2.05) is 6.08 Å². The van der Waals surface area contributed by atoms with Crippen molar-refractivity contribution in [2.24, 2.45) is 0 Å². The monoisotopic (exact) mass is 1240 g/mol. The van der Waals surface area contributed by atoms with Crippen molar-refractivity contribution in [3.05, 3.63) is 24.3 Å². The second kappa shape index (κ2) is 58.3. The van der Waals surface area contributed by atoms with Crippen LogP contribution in [-0.2, 0) is 23.7 Å². The first-order valence-corrected chi connectivity index (χ1v) is 37.1. The first-order chi connectivity index (χ1) is 42.6. The Labute approximate surface area is 532 Å².